The highest BCUT2D eigenvalue weighted by molar-refractivity contribution is 7.92. The van der Waals surface area contributed by atoms with Crippen LogP contribution >= 0.6 is 0 Å². The Morgan fingerprint density at radius 2 is 1.72 bits per heavy atom. The molecule has 0 bridgehead atoms. The molecule has 0 aromatic heterocycles. The van der Waals surface area contributed by atoms with Crippen LogP contribution in [0.1, 0.15) is 18.4 Å². The molecule has 2 rings (SSSR count). The van der Waals surface area contributed by atoms with Gasteiger partial charge in [0, 0.05) is 13.0 Å². The van der Waals surface area contributed by atoms with Crippen LogP contribution in [0.25, 0.3) is 0 Å². The molecule has 1 N–H and O–H groups in total. The summed E-state index contributed by atoms with van der Waals surface area (Å²) in [5, 5.41) is 17.5. The SMILES string of the molecule is N#CCCN(c1ccccc1)S(=O)(=O)c1ccc(CCC(=O)O)cc1. The Hall–Kier alpha value is -2.85. The predicted molar refractivity (Wildman–Crippen MR) is 93.6 cm³/mol. The number of rotatable bonds is 8. The molecule has 6 nitrogen and oxygen atoms in total. The van der Waals surface area contributed by atoms with Crippen LogP contribution in [0, 0.1) is 11.3 Å². The van der Waals surface area contributed by atoms with Crippen LogP contribution < -0.4 is 4.31 Å². The molecule has 0 amide bonds. The molecule has 2 aromatic carbocycles. The molecule has 2 aromatic rings. The van der Waals surface area contributed by atoms with Gasteiger partial charge in [-0.1, -0.05) is 30.3 Å². The average Bonchev–Trinajstić information content (AvgIpc) is 2.61. The lowest BCUT2D eigenvalue weighted by atomic mass is 10.1. The number of carboxylic acid groups (broad SMARTS) is 1. The van der Waals surface area contributed by atoms with E-state index >= 15 is 0 Å². The van der Waals surface area contributed by atoms with Crippen molar-refractivity contribution in [3.63, 3.8) is 0 Å². The maximum atomic E-state index is 12.9. The van der Waals surface area contributed by atoms with E-state index in [1.165, 1.54) is 16.4 Å². The molecule has 0 fully saturated rings. The van der Waals surface area contributed by atoms with Gasteiger partial charge in [-0.25, -0.2) is 8.42 Å². The Kier molecular flexibility index (Phi) is 6.14. The van der Waals surface area contributed by atoms with Crippen LogP contribution in [0.15, 0.2) is 59.5 Å². The van der Waals surface area contributed by atoms with E-state index in [-0.39, 0.29) is 24.3 Å². The van der Waals surface area contributed by atoms with Crippen molar-refractivity contribution >= 4 is 21.7 Å². The van der Waals surface area contributed by atoms with E-state index in [1.54, 1.807) is 42.5 Å². The monoisotopic (exact) mass is 358 g/mol. The minimum absolute atomic E-state index is 0.00952. The maximum Gasteiger partial charge on any atom is 0.303 e. The predicted octanol–water partition coefficient (Wildman–Crippen LogP) is 2.81. The first-order valence-electron chi connectivity index (χ1n) is 7.70. The van der Waals surface area contributed by atoms with Gasteiger partial charge in [0.05, 0.1) is 23.1 Å². The largest absolute Gasteiger partial charge is 0.481 e. The van der Waals surface area contributed by atoms with Gasteiger partial charge in [-0.05, 0) is 36.2 Å². The number of hydrogen-bond acceptors (Lipinski definition) is 4. The summed E-state index contributed by atoms with van der Waals surface area (Å²) in [6, 6.07) is 16.7. The van der Waals surface area contributed by atoms with Gasteiger partial charge in [0.1, 0.15) is 0 Å². The van der Waals surface area contributed by atoms with Gasteiger partial charge >= 0.3 is 5.97 Å². The third-order valence-corrected chi connectivity index (χ3v) is 5.45. The fourth-order valence-electron chi connectivity index (χ4n) is 2.34. The standard InChI is InChI=1S/C18H18N2O4S/c19-13-4-14-20(16-5-2-1-3-6-16)25(23,24)17-10-7-15(8-11-17)9-12-18(21)22/h1-3,5-8,10-11H,4,9,12,14H2,(H,21,22). The number of nitrogens with zero attached hydrogens (tertiary/aromatic N) is 2. The van der Waals surface area contributed by atoms with E-state index < -0.39 is 16.0 Å². The van der Waals surface area contributed by atoms with Gasteiger partial charge in [-0.15, -0.1) is 0 Å². The molecule has 0 saturated heterocycles. The molecule has 7 heteroatoms. The van der Waals surface area contributed by atoms with Gasteiger partial charge in [0.25, 0.3) is 10.0 Å². The summed E-state index contributed by atoms with van der Waals surface area (Å²) >= 11 is 0. The summed E-state index contributed by atoms with van der Waals surface area (Å²) in [5.41, 5.74) is 1.25. The topological polar surface area (TPSA) is 98.5 Å². The van der Waals surface area contributed by atoms with Gasteiger partial charge in [0.15, 0.2) is 0 Å². The number of carbonyl (C=O) groups is 1. The van der Waals surface area contributed by atoms with E-state index in [4.69, 9.17) is 10.4 Å². The number of aryl methyl sites for hydroxylation is 1. The normalized spacial score (nSPS) is 10.8. The molecular formula is C18H18N2O4S. The lowest BCUT2D eigenvalue weighted by Gasteiger charge is -2.23. The lowest BCUT2D eigenvalue weighted by Crippen LogP contribution is -2.31. The highest BCUT2D eigenvalue weighted by Gasteiger charge is 2.24. The third kappa shape index (κ3) is 4.81. The fraction of sp³-hybridized carbons (Fsp3) is 0.222. The second-order valence-electron chi connectivity index (χ2n) is 5.36. The number of carboxylic acids is 1. The number of benzene rings is 2. The minimum atomic E-state index is -3.81. The molecule has 0 aliphatic carbocycles. The molecular weight excluding hydrogens is 340 g/mol. The molecule has 0 saturated carbocycles. The van der Waals surface area contributed by atoms with Crippen molar-refractivity contribution < 1.29 is 18.3 Å². The molecule has 0 spiro atoms. The first-order chi connectivity index (χ1) is 11.9. The highest BCUT2D eigenvalue weighted by Crippen LogP contribution is 2.24. The van der Waals surface area contributed by atoms with E-state index in [2.05, 4.69) is 0 Å². The van der Waals surface area contributed by atoms with Crippen molar-refractivity contribution in [1.29, 1.82) is 5.26 Å². The van der Waals surface area contributed by atoms with Gasteiger partial charge in [-0.2, -0.15) is 5.26 Å². The van der Waals surface area contributed by atoms with Gasteiger partial charge in [0.2, 0.25) is 0 Å². The number of nitriles is 1. The average molecular weight is 358 g/mol. The van der Waals surface area contributed by atoms with E-state index in [0.29, 0.717) is 12.1 Å². The zero-order valence-electron chi connectivity index (χ0n) is 13.5. The van der Waals surface area contributed by atoms with Crippen LogP contribution in [-0.4, -0.2) is 26.0 Å². The highest BCUT2D eigenvalue weighted by atomic mass is 32.2. The minimum Gasteiger partial charge on any atom is -0.481 e. The Morgan fingerprint density at radius 3 is 2.28 bits per heavy atom. The van der Waals surface area contributed by atoms with E-state index in [0.717, 1.165) is 5.56 Å². The molecule has 0 unspecified atom stereocenters. The zero-order valence-corrected chi connectivity index (χ0v) is 14.3. The molecule has 130 valence electrons. The number of anilines is 1. The second-order valence-corrected chi connectivity index (χ2v) is 7.22. The number of sulfonamides is 1. The van der Waals surface area contributed by atoms with Crippen molar-refractivity contribution in [2.45, 2.75) is 24.2 Å². The second kappa shape index (κ2) is 8.31. The lowest BCUT2D eigenvalue weighted by molar-refractivity contribution is -0.136. The van der Waals surface area contributed by atoms with Crippen molar-refractivity contribution in [3.8, 4) is 6.07 Å². The Balaban J connectivity index is 2.30. The Morgan fingerprint density at radius 1 is 1.08 bits per heavy atom. The molecule has 0 aliphatic heterocycles. The molecule has 0 radical (unpaired) electrons. The number of aliphatic carboxylic acids is 1. The van der Waals surface area contributed by atoms with Crippen LogP contribution in [0.5, 0.6) is 0 Å². The van der Waals surface area contributed by atoms with Gasteiger partial charge < -0.3 is 5.11 Å². The summed E-state index contributed by atoms with van der Waals surface area (Å²) in [6.07, 6.45) is 0.404. The third-order valence-electron chi connectivity index (χ3n) is 3.61. The molecule has 0 aliphatic rings. The van der Waals surface area contributed by atoms with Crippen LogP contribution in [0.4, 0.5) is 5.69 Å². The van der Waals surface area contributed by atoms with Crippen molar-refractivity contribution in [2.75, 3.05) is 10.8 Å². The van der Waals surface area contributed by atoms with E-state index in [9.17, 15) is 13.2 Å². The maximum absolute atomic E-state index is 12.9. The Labute approximate surface area is 147 Å². The fourth-order valence-corrected chi connectivity index (χ4v) is 3.81. The summed E-state index contributed by atoms with van der Waals surface area (Å²) in [6.45, 7) is 0.0591. The number of para-hydroxylation sites is 1. The van der Waals surface area contributed by atoms with Crippen molar-refractivity contribution in [1.82, 2.24) is 0 Å². The van der Waals surface area contributed by atoms with Crippen molar-refractivity contribution in [2.24, 2.45) is 0 Å². The molecule has 0 atom stereocenters. The molecule has 25 heavy (non-hydrogen) atoms. The summed E-state index contributed by atoms with van der Waals surface area (Å²) in [5.74, 6) is -0.900. The molecule has 0 heterocycles. The summed E-state index contributed by atoms with van der Waals surface area (Å²) < 4.78 is 27.1. The smallest absolute Gasteiger partial charge is 0.303 e. The summed E-state index contributed by atoms with van der Waals surface area (Å²) in [4.78, 5) is 10.7. The zero-order chi connectivity index (χ0) is 18.3. The first kappa shape index (κ1) is 18.5. The number of hydrogen-bond donors (Lipinski definition) is 1. The quantitative estimate of drug-likeness (QED) is 0.782. The van der Waals surface area contributed by atoms with Crippen molar-refractivity contribution in [3.05, 3.63) is 60.2 Å². The van der Waals surface area contributed by atoms with Gasteiger partial charge in [-0.3, -0.25) is 9.10 Å². The van der Waals surface area contributed by atoms with Crippen LogP contribution in [0.2, 0.25) is 0 Å². The van der Waals surface area contributed by atoms with Crippen LogP contribution in [0.3, 0.4) is 0 Å². The van der Waals surface area contributed by atoms with E-state index in [1.807, 2.05) is 6.07 Å². The Bertz CT molecular complexity index is 856. The van der Waals surface area contributed by atoms with Crippen LogP contribution in [-0.2, 0) is 21.2 Å². The first-order valence-corrected chi connectivity index (χ1v) is 9.14. The summed E-state index contributed by atoms with van der Waals surface area (Å²) in [7, 11) is -3.81.